The third-order valence-electron chi connectivity index (χ3n) is 3.58. The van der Waals surface area contributed by atoms with Gasteiger partial charge < -0.3 is 4.74 Å². The van der Waals surface area contributed by atoms with Crippen molar-refractivity contribution in [1.82, 2.24) is 4.98 Å². The van der Waals surface area contributed by atoms with E-state index in [4.69, 9.17) is 9.72 Å². The first-order valence-corrected chi connectivity index (χ1v) is 6.69. The van der Waals surface area contributed by atoms with Crippen LogP contribution in [0.25, 0.3) is 22.5 Å². The maximum absolute atomic E-state index is 5.78. The van der Waals surface area contributed by atoms with Gasteiger partial charge in [-0.3, -0.25) is 0 Å². The van der Waals surface area contributed by atoms with Crippen LogP contribution in [-0.2, 0) is 6.61 Å². The second-order valence-corrected chi connectivity index (χ2v) is 4.86. The minimum Gasteiger partial charge on any atom is -0.487 e. The van der Waals surface area contributed by atoms with Crippen LogP contribution in [0.4, 0.5) is 0 Å². The number of fused-ring (bicyclic) bond motifs is 3. The molecule has 1 aromatic heterocycles. The Hall–Kier alpha value is -2.61. The van der Waals surface area contributed by atoms with E-state index in [9.17, 15) is 0 Å². The topological polar surface area (TPSA) is 22.1 Å². The minimum absolute atomic E-state index is 0.621. The van der Waals surface area contributed by atoms with E-state index in [1.807, 2.05) is 42.5 Å². The molecule has 0 amide bonds. The van der Waals surface area contributed by atoms with Crippen LogP contribution in [-0.4, -0.2) is 4.98 Å². The van der Waals surface area contributed by atoms with Crippen LogP contribution in [0.15, 0.2) is 66.7 Å². The maximum Gasteiger partial charge on any atom is 0.146 e. The molecular formula is C18H13NO. The fourth-order valence-electron chi connectivity index (χ4n) is 2.56. The summed E-state index contributed by atoms with van der Waals surface area (Å²) >= 11 is 0. The SMILES string of the molecule is c1ccc(-c2ccc3c(n2)-c2ccccc2CO3)cc1. The monoisotopic (exact) mass is 259 g/mol. The highest BCUT2D eigenvalue weighted by molar-refractivity contribution is 5.74. The van der Waals surface area contributed by atoms with Crippen molar-refractivity contribution in [3.63, 3.8) is 0 Å². The fourth-order valence-corrected chi connectivity index (χ4v) is 2.56. The van der Waals surface area contributed by atoms with Gasteiger partial charge in [0.15, 0.2) is 0 Å². The van der Waals surface area contributed by atoms with Gasteiger partial charge in [-0.1, -0.05) is 54.6 Å². The smallest absolute Gasteiger partial charge is 0.146 e. The molecular weight excluding hydrogens is 246 g/mol. The number of benzene rings is 2. The molecule has 0 bridgehead atoms. The average Bonchev–Trinajstić information content (AvgIpc) is 2.55. The van der Waals surface area contributed by atoms with E-state index < -0.39 is 0 Å². The molecule has 20 heavy (non-hydrogen) atoms. The molecule has 0 atom stereocenters. The van der Waals surface area contributed by atoms with Crippen molar-refractivity contribution in [2.45, 2.75) is 6.61 Å². The summed E-state index contributed by atoms with van der Waals surface area (Å²) in [5, 5.41) is 0. The van der Waals surface area contributed by atoms with Crippen molar-refractivity contribution in [2.24, 2.45) is 0 Å². The standard InChI is InChI=1S/C18H13NO/c1-2-6-13(7-3-1)16-10-11-17-18(19-16)15-9-5-4-8-14(15)12-20-17/h1-11H,12H2. The Morgan fingerprint density at radius 2 is 1.60 bits per heavy atom. The van der Waals surface area contributed by atoms with E-state index in [0.29, 0.717) is 6.61 Å². The van der Waals surface area contributed by atoms with Crippen LogP contribution < -0.4 is 4.74 Å². The lowest BCUT2D eigenvalue weighted by Crippen LogP contribution is -2.06. The lowest BCUT2D eigenvalue weighted by atomic mass is 10.0. The largest absolute Gasteiger partial charge is 0.487 e. The van der Waals surface area contributed by atoms with Gasteiger partial charge in [0.25, 0.3) is 0 Å². The van der Waals surface area contributed by atoms with Gasteiger partial charge in [0, 0.05) is 11.1 Å². The predicted octanol–water partition coefficient (Wildman–Crippen LogP) is 4.31. The average molecular weight is 259 g/mol. The molecule has 0 fully saturated rings. The maximum atomic E-state index is 5.78. The van der Waals surface area contributed by atoms with Gasteiger partial charge >= 0.3 is 0 Å². The number of aromatic nitrogens is 1. The molecule has 1 aliphatic rings. The number of pyridine rings is 1. The highest BCUT2D eigenvalue weighted by Crippen LogP contribution is 2.37. The third-order valence-corrected chi connectivity index (χ3v) is 3.58. The second kappa shape index (κ2) is 4.49. The third kappa shape index (κ3) is 1.77. The van der Waals surface area contributed by atoms with E-state index >= 15 is 0 Å². The van der Waals surface area contributed by atoms with E-state index in [0.717, 1.165) is 22.7 Å². The minimum atomic E-state index is 0.621. The van der Waals surface area contributed by atoms with Gasteiger partial charge in [-0.2, -0.15) is 0 Å². The number of nitrogens with zero attached hydrogens (tertiary/aromatic N) is 1. The first-order chi connectivity index (χ1) is 9.92. The molecule has 0 saturated carbocycles. The summed E-state index contributed by atoms with van der Waals surface area (Å²) < 4.78 is 5.78. The molecule has 4 rings (SSSR count). The molecule has 0 spiro atoms. The van der Waals surface area contributed by atoms with Crippen LogP contribution in [0.5, 0.6) is 5.75 Å². The zero-order chi connectivity index (χ0) is 13.4. The van der Waals surface area contributed by atoms with Crippen molar-refractivity contribution >= 4 is 0 Å². The molecule has 2 aromatic carbocycles. The number of rotatable bonds is 1. The lowest BCUT2D eigenvalue weighted by molar-refractivity contribution is 0.301. The molecule has 96 valence electrons. The normalized spacial score (nSPS) is 12.2. The molecule has 0 unspecified atom stereocenters. The molecule has 3 aromatic rings. The first kappa shape index (κ1) is 11.2. The van der Waals surface area contributed by atoms with Crippen LogP contribution >= 0.6 is 0 Å². The summed E-state index contributed by atoms with van der Waals surface area (Å²) in [6.07, 6.45) is 0. The van der Waals surface area contributed by atoms with Crippen molar-refractivity contribution in [3.8, 4) is 28.3 Å². The van der Waals surface area contributed by atoms with Gasteiger partial charge in [0.1, 0.15) is 18.1 Å². The Morgan fingerprint density at radius 1 is 0.800 bits per heavy atom. The predicted molar refractivity (Wildman–Crippen MR) is 79.4 cm³/mol. The van der Waals surface area contributed by atoms with Gasteiger partial charge in [-0.05, 0) is 17.7 Å². The summed E-state index contributed by atoms with van der Waals surface area (Å²) in [6, 6.07) is 22.5. The van der Waals surface area contributed by atoms with Gasteiger partial charge in [-0.25, -0.2) is 4.98 Å². The summed E-state index contributed by atoms with van der Waals surface area (Å²) in [6.45, 7) is 0.621. The summed E-state index contributed by atoms with van der Waals surface area (Å²) in [5.41, 5.74) is 5.40. The van der Waals surface area contributed by atoms with Crippen molar-refractivity contribution in [2.75, 3.05) is 0 Å². The number of ether oxygens (including phenoxy) is 1. The van der Waals surface area contributed by atoms with Crippen LogP contribution in [0.3, 0.4) is 0 Å². The first-order valence-electron chi connectivity index (χ1n) is 6.69. The number of hydrogen-bond donors (Lipinski definition) is 0. The molecule has 2 heteroatoms. The molecule has 0 saturated heterocycles. The molecule has 2 heterocycles. The molecule has 0 radical (unpaired) electrons. The fraction of sp³-hybridized carbons (Fsp3) is 0.0556. The Kier molecular flexibility index (Phi) is 2.52. The van der Waals surface area contributed by atoms with Crippen LogP contribution in [0, 0.1) is 0 Å². The molecule has 0 N–H and O–H groups in total. The highest BCUT2D eigenvalue weighted by Gasteiger charge is 2.18. The Bertz CT molecular complexity index is 765. The molecule has 0 aliphatic carbocycles. The van der Waals surface area contributed by atoms with E-state index in [2.05, 4.69) is 24.3 Å². The van der Waals surface area contributed by atoms with Crippen molar-refractivity contribution < 1.29 is 4.74 Å². The number of hydrogen-bond acceptors (Lipinski definition) is 2. The summed E-state index contributed by atoms with van der Waals surface area (Å²) in [7, 11) is 0. The van der Waals surface area contributed by atoms with Gasteiger partial charge in [0.05, 0.1) is 5.69 Å². The summed E-state index contributed by atoms with van der Waals surface area (Å²) in [4.78, 5) is 4.80. The van der Waals surface area contributed by atoms with Crippen LogP contribution in [0.1, 0.15) is 5.56 Å². The van der Waals surface area contributed by atoms with Crippen molar-refractivity contribution in [3.05, 3.63) is 72.3 Å². The Balaban J connectivity index is 1.90. The second-order valence-electron chi connectivity index (χ2n) is 4.86. The van der Waals surface area contributed by atoms with Crippen molar-refractivity contribution in [1.29, 1.82) is 0 Å². The van der Waals surface area contributed by atoms with E-state index in [1.54, 1.807) is 0 Å². The van der Waals surface area contributed by atoms with E-state index in [-0.39, 0.29) is 0 Å². The zero-order valence-electron chi connectivity index (χ0n) is 10.9. The molecule has 1 aliphatic heterocycles. The lowest BCUT2D eigenvalue weighted by Gasteiger charge is -2.20. The van der Waals surface area contributed by atoms with Gasteiger partial charge in [-0.15, -0.1) is 0 Å². The van der Waals surface area contributed by atoms with Gasteiger partial charge in [0.2, 0.25) is 0 Å². The highest BCUT2D eigenvalue weighted by atomic mass is 16.5. The van der Waals surface area contributed by atoms with Crippen LogP contribution in [0.2, 0.25) is 0 Å². The zero-order valence-corrected chi connectivity index (χ0v) is 10.9. The quantitative estimate of drug-likeness (QED) is 0.649. The van der Waals surface area contributed by atoms with E-state index in [1.165, 1.54) is 11.1 Å². The Morgan fingerprint density at radius 3 is 2.50 bits per heavy atom. The Labute approximate surface area is 117 Å². The summed E-state index contributed by atoms with van der Waals surface area (Å²) in [5.74, 6) is 0.864. The molecule has 2 nitrogen and oxygen atoms in total.